The van der Waals surface area contributed by atoms with Crippen LogP contribution in [0.15, 0.2) is 24.3 Å². The van der Waals surface area contributed by atoms with E-state index in [1.54, 1.807) is 0 Å². The summed E-state index contributed by atoms with van der Waals surface area (Å²) in [6.45, 7) is 9.84. The average Bonchev–Trinajstić information content (AvgIpc) is 0.916. The van der Waals surface area contributed by atoms with Gasteiger partial charge in [-0.3, -0.25) is 56.5 Å². The molecule has 0 saturated heterocycles. The van der Waals surface area contributed by atoms with Crippen molar-refractivity contribution in [2.45, 2.75) is 374 Å². The van der Waals surface area contributed by atoms with Crippen LogP contribution in [0, 0.1) is 0 Å². The molecule has 0 aromatic rings. The number of phosphoric ester groups is 2. The van der Waals surface area contributed by atoms with Gasteiger partial charge in [-0.1, -0.05) is 232 Å². The van der Waals surface area contributed by atoms with Crippen LogP contribution in [0.5, 0.6) is 0 Å². The first-order chi connectivity index (χ1) is 51.2. The van der Waals surface area contributed by atoms with Crippen molar-refractivity contribution in [1.82, 2.24) is 21.3 Å². The second-order valence-electron chi connectivity index (χ2n) is 28.2. The molecule has 0 aromatic carbocycles. The summed E-state index contributed by atoms with van der Waals surface area (Å²) in [4.78, 5) is 125. The Morgan fingerprint density at radius 3 is 1.05 bits per heavy atom. The maximum Gasteiger partial charge on any atom is 1.00 e. The molecule has 108 heavy (non-hydrogen) atoms. The van der Waals surface area contributed by atoms with E-state index >= 15 is 0 Å². The normalized spacial score (nSPS) is 13.7. The number of hydrogen-bond donors (Lipinski definition) is 6. The van der Waals surface area contributed by atoms with Gasteiger partial charge in [-0.2, -0.15) is 0 Å². The number of phosphoric acid groups is 2. The van der Waals surface area contributed by atoms with Crippen molar-refractivity contribution < 1.29 is 156 Å². The summed E-state index contributed by atoms with van der Waals surface area (Å²) in [5.74, 6) is -3.85. The number of esters is 2. The maximum absolute atomic E-state index is 13.2. The molecule has 6 N–H and O–H groups in total. The Labute approximate surface area is 699 Å². The summed E-state index contributed by atoms with van der Waals surface area (Å²) in [6.07, 6.45) is 47.5. The first kappa shape index (κ1) is 110. The fourth-order valence-electron chi connectivity index (χ4n) is 11.7. The van der Waals surface area contributed by atoms with Crippen molar-refractivity contribution in [2.75, 3.05) is 65.9 Å². The summed E-state index contributed by atoms with van der Waals surface area (Å²) >= 11 is 0. The molecule has 0 rings (SSSR count). The minimum absolute atomic E-state index is 0. The van der Waals surface area contributed by atoms with E-state index in [0.29, 0.717) is 57.8 Å². The predicted molar refractivity (Wildman–Crippen MR) is 421 cm³/mol. The van der Waals surface area contributed by atoms with Crippen LogP contribution in [-0.4, -0.2) is 147 Å². The number of unbranched alkanes of at least 4 members (excludes halogenated alkanes) is 30. The van der Waals surface area contributed by atoms with Crippen molar-refractivity contribution in [2.24, 2.45) is 0 Å². The minimum atomic E-state index is -4.83. The molecule has 0 aliphatic rings. The number of nitrogens with one attached hydrogen (secondary N) is 4. The molecular formula is C80H150N4Na2O20P2. The molecule has 24 nitrogen and oxygen atoms in total. The number of rotatable bonds is 79. The molecule has 0 radical (unpaired) electrons. The van der Waals surface area contributed by atoms with Crippen molar-refractivity contribution in [3.8, 4) is 0 Å². The third kappa shape index (κ3) is 75.2. The van der Waals surface area contributed by atoms with E-state index in [-0.39, 0.29) is 144 Å². The van der Waals surface area contributed by atoms with Gasteiger partial charge in [-0.15, -0.1) is 0 Å². The Bertz CT molecular complexity index is 2430. The van der Waals surface area contributed by atoms with Gasteiger partial charge in [-0.05, 0) is 84.0 Å². The van der Waals surface area contributed by atoms with Crippen LogP contribution in [0.1, 0.15) is 353 Å². The number of carbonyl (C=O) groups is 8. The van der Waals surface area contributed by atoms with Crippen LogP contribution in [0.2, 0.25) is 0 Å². The van der Waals surface area contributed by atoms with Crippen molar-refractivity contribution in [1.29, 1.82) is 0 Å². The van der Waals surface area contributed by atoms with E-state index in [2.05, 4.69) is 68.0 Å². The molecule has 0 aliphatic carbocycles. The quantitative estimate of drug-likeness (QED) is 0.00823. The summed E-state index contributed by atoms with van der Waals surface area (Å²) < 4.78 is 70.7. The zero-order valence-electron chi connectivity index (χ0n) is 70.8. The van der Waals surface area contributed by atoms with E-state index < -0.39 is 109 Å². The van der Waals surface area contributed by atoms with Crippen molar-refractivity contribution in [3.05, 3.63) is 24.3 Å². The van der Waals surface area contributed by atoms with Gasteiger partial charge in [0.1, 0.15) is 30.2 Å². The number of allylic oxidation sites excluding steroid dienone is 4. The summed E-state index contributed by atoms with van der Waals surface area (Å²) in [5, 5.41) is 10.2. The van der Waals surface area contributed by atoms with Crippen LogP contribution in [0.3, 0.4) is 0 Å². The summed E-state index contributed by atoms with van der Waals surface area (Å²) in [7, 11) is -9.65. The fourth-order valence-corrected chi connectivity index (χ4v) is 13.2. The molecule has 4 amide bonds. The topological polar surface area (TPSA) is 333 Å². The van der Waals surface area contributed by atoms with Crippen LogP contribution < -0.4 is 80.4 Å². The second-order valence-corrected chi connectivity index (χ2v) is 31.1. The molecule has 28 heteroatoms. The SMILES string of the molecule is C/C=C\CCCC(=O)O[C@H](CCCCCCC)CCOC[C@H](COP(=O)(O)OCCNC(=O)CC(=O)NCCOP(=O)(O)OC[C@@H](COCC[C@@H](CCCCCCC)OC(=O)CCC/C=C\CCCCCC)NC(=O)CC(=O)CCCCCCCCCCC)NC(=O)CC(=O)CCCCCCCCCCC.[H-].[H-].[Na+].[Na+]. The van der Waals surface area contributed by atoms with E-state index in [0.717, 1.165) is 141 Å². The van der Waals surface area contributed by atoms with Crippen LogP contribution in [-0.2, 0) is 84.5 Å². The first-order valence-electron chi connectivity index (χ1n) is 41.4. The zero-order chi connectivity index (χ0) is 78.3. The Hall–Kier alpha value is -2.22. The third-order valence-corrected chi connectivity index (χ3v) is 19.9. The molecule has 0 heterocycles. The first-order valence-corrected chi connectivity index (χ1v) is 44.4. The van der Waals surface area contributed by atoms with Crippen molar-refractivity contribution >= 4 is 62.8 Å². The standard InChI is InChI=1S/C80H148N4O20P2.2Na.2H/c1-7-13-19-25-28-31-34-39-42-48-71(85)62-77(89)83-69(65-97-58-54-73(50-44-37-22-16-10-4)103-79(91)52-46-24-18-12-6)67-101-105(93,94)99-60-56-81-75(87)64-76(88)82-57-61-100-106(95,96)102-68-70(84-78(90)63-72(86)49-43-40-35-32-29-26-20-14-8-2)66-98-59-55-74(51-45-38-23-17-11-5)104-80(92)53-47-41-36-33-30-27-21-15-9-3;;;;/h12,18,33,36,69-70,73-74H,7-11,13-17,19-32,34-35,37-68H2,1-6H3,(H,81,87)(H,82,88)(H,83,89)(H,84,90)(H,93,94)(H,95,96);;;;/q;2*+1;2*-1/b18-12-,36-33-;;;;/t69-,70-,73-,74-;;;;/m1..../s1. The van der Waals surface area contributed by atoms with Gasteiger partial charge in [0.15, 0.2) is 0 Å². The van der Waals surface area contributed by atoms with Crippen LogP contribution >= 0.6 is 15.6 Å². The van der Waals surface area contributed by atoms with E-state index in [4.69, 9.17) is 37.0 Å². The smallest absolute Gasteiger partial charge is 1.00 e. The monoisotopic (exact) mass is 1600 g/mol. The summed E-state index contributed by atoms with van der Waals surface area (Å²) in [6, 6.07) is -2.00. The Kier molecular flexibility index (Phi) is 80.1. The number of hydrogen-bond acceptors (Lipinski definition) is 18. The fraction of sp³-hybridized carbons (Fsp3) is 0.850. The minimum Gasteiger partial charge on any atom is -1.00 e. The molecule has 0 aliphatic heterocycles. The van der Waals surface area contributed by atoms with Gasteiger partial charge in [-0.25, -0.2) is 9.13 Å². The van der Waals surface area contributed by atoms with Gasteiger partial charge in [0.25, 0.3) is 0 Å². The molecule has 6 atom stereocenters. The Balaban J connectivity index is -0.00000919. The number of amides is 4. The number of ether oxygens (including phenoxy) is 4. The van der Waals surface area contributed by atoms with Gasteiger partial charge < -0.3 is 52.9 Å². The van der Waals surface area contributed by atoms with Gasteiger partial charge in [0.05, 0.1) is 77.8 Å². The predicted octanol–water partition coefficient (Wildman–Crippen LogP) is 11.6. The zero-order valence-corrected chi connectivity index (χ0v) is 74.6. The molecular weight excluding hydrogens is 1440 g/mol. The average molecular weight is 1600 g/mol. The van der Waals surface area contributed by atoms with Crippen LogP contribution in [0.25, 0.3) is 0 Å². The van der Waals surface area contributed by atoms with Gasteiger partial charge >= 0.3 is 86.7 Å². The number of Topliss-reactive ketones (excluding diaryl/α,β-unsaturated/α-hetero) is 2. The van der Waals surface area contributed by atoms with E-state index in [1.807, 2.05) is 19.1 Å². The maximum atomic E-state index is 13.2. The Morgan fingerprint density at radius 1 is 0.361 bits per heavy atom. The van der Waals surface area contributed by atoms with Gasteiger partial charge in [0.2, 0.25) is 23.6 Å². The molecule has 0 fully saturated rings. The largest absolute Gasteiger partial charge is 1.00 e. The molecule has 0 aromatic heterocycles. The molecule has 0 spiro atoms. The number of ketones is 2. The molecule has 0 saturated carbocycles. The van der Waals surface area contributed by atoms with Gasteiger partial charge in [0, 0.05) is 51.6 Å². The number of carbonyl (C=O) groups excluding carboxylic acids is 8. The second kappa shape index (κ2) is 78.7. The van der Waals surface area contributed by atoms with Crippen molar-refractivity contribution in [3.63, 3.8) is 0 Å². The van der Waals surface area contributed by atoms with E-state index in [9.17, 15) is 57.3 Å². The third-order valence-electron chi connectivity index (χ3n) is 17.9. The van der Waals surface area contributed by atoms with Crippen LogP contribution in [0.4, 0.5) is 0 Å². The Morgan fingerprint density at radius 2 is 0.685 bits per heavy atom. The molecule has 2 unspecified atom stereocenters. The summed E-state index contributed by atoms with van der Waals surface area (Å²) in [5.41, 5.74) is 0. The van der Waals surface area contributed by atoms with E-state index in [1.165, 1.54) is 70.6 Å². The molecule has 622 valence electrons. The molecule has 0 bridgehead atoms.